The van der Waals surface area contributed by atoms with Crippen molar-refractivity contribution in [3.05, 3.63) is 76.2 Å². The van der Waals surface area contributed by atoms with Crippen molar-refractivity contribution in [3.63, 3.8) is 0 Å². The number of amides is 1. The van der Waals surface area contributed by atoms with E-state index in [1.165, 1.54) is 11.1 Å². The topological polar surface area (TPSA) is 59.8 Å². The Balaban J connectivity index is 1.74. The molecule has 0 aliphatic heterocycles. The van der Waals surface area contributed by atoms with E-state index < -0.39 is 0 Å². The minimum Gasteiger partial charge on any atom is -0.345 e. The van der Waals surface area contributed by atoms with Gasteiger partial charge in [-0.2, -0.15) is 5.10 Å². The van der Waals surface area contributed by atoms with E-state index in [4.69, 9.17) is 0 Å². The summed E-state index contributed by atoms with van der Waals surface area (Å²) in [6.45, 7) is 10.0. The van der Waals surface area contributed by atoms with Gasteiger partial charge in [0.15, 0.2) is 5.82 Å². The van der Waals surface area contributed by atoms with Crippen LogP contribution in [-0.4, -0.2) is 20.7 Å². The summed E-state index contributed by atoms with van der Waals surface area (Å²) in [7, 11) is 0. The van der Waals surface area contributed by atoms with E-state index in [9.17, 15) is 4.79 Å². The molecule has 3 aromatic rings. The molecule has 0 spiro atoms. The molecule has 134 valence electrons. The average molecular weight is 348 g/mol. The van der Waals surface area contributed by atoms with Gasteiger partial charge in [-0.1, -0.05) is 29.3 Å². The summed E-state index contributed by atoms with van der Waals surface area (Å²) >= 11 is 0. The van der Waals surface area contributed by atoms with Crippen LogP contribution in [0.25, 0.3) is 5.82 Å². The molecule has 1 unspecified atom stereocenters. The van der Waals surface area contributed by atoms with Gasteiger partial charge in [0, 0.05) is 11.9 Å². The number of hydrogen-bond acceptors (Lipinski definition) is 3. The van der Waals surface area contributed by atoms with Crippen LogP contribution in [0.3, 0.4) is 0 Å². The lowest BCUT2D eigenvalue weighted by atomic mass is 10.0. The Labute approximate surface area is 154 Å². The Kier molecular flexibility index (Phi) is 4.89. The monoisotopic (exact) mass is 348 g/mol. The van der Waals surface area contributed by atoms with Crippen molar-refractivity contribution in [1.29, 1.82) is 0 Å². The minimum absolute atomic E-state index is 0.0724. The van der Waals surface area contributed by atoms with Gasteiger partial charge in [0.2, 0.25) is 0 Å². The molecule has 0 saturated carbocycles. The van der Waals surface area contributed by atoms with E-state index in [0.717, 1.165) is 17.0 Å². The molecule has 2 heterocycles. The highest BCUT2D eigenvalue weighted by atomic mass is 16.1. The Hall–Kier alpha value is -2.95. The number of hydrogen-bond donors (Lipinski definition) is 1. The van der Waals surface area contributed by atoms with E-state index in [1.807, 2.05) is 32.9 Å². The third-order valence-corrected chi connectivity index (χ3v) is 4.33. The first-order chi connectivity index (χ1) is 12.3. The molecule has 2 aromatic heterocycles. The first kappa shape index (κ1) is 17.9. The molecule has 3 rings (SSSR count). The van der Waals surface area contributed by atoms with E-state index in [0.29, 0.717) is 11.4 Å². The molecule has 26 heavy (non-hydrogen) atoms. The van der Waals surface area contributed by atoms with E-state index >= 15 is 0 Å². The molecule has 0 bridgehead atoms. The second-order valence-corrected chi connectivity index (χ2v) is 6.86. The molecular weight excluding hydrogens is 324 g/mol. The number of nitrogens with one attached hydrogen (secondary N) is 1. The number of nitrogens with zero attached hydrogens (tertiary/aromatic N) is 3. The van der Waals surface area contributed by atoms with E-state index in [1.54, 1.807) is 16.9 Å². The lowest BCUT2D eigenvalue weighted by Gasteiger charge is -2.16. The summed E-state index contributed by atoms with van der Waals surface area (Å²) in [5, 5.41) is 7.45. The smallest absolute Gasteiger partial charge is 0.253 e. The second-order valence-electron chi connectivity index (χ2n) is 6.86. The van der Waals surface area contributed by atoms with Crippen LogP contribution < -0.4 is 5.32 Å². The normalized spacial score (nSPS) is 12.0. The standard InChI is InChI=1S/C21H24N4O/c1-13-8-14(2)10-19(9-13)17(5)23-21(26)18-6-7-20(22-12-18)25-16(4)11-15(3)24-25/h6-12,17H,1-5H3,(H,23,26). The number of aryl methyl sites for hydroxylation is 4. The third kappa shape index (κ3) is 3.82. The Morgan fingerprint density at radius 3 is 2.27 bits per heavy atom. The van der Waals surface area contributed by atoms with Gasteiger partial charge in [0.25, 0.3) is 5.91 Å². The van der Waals surface area contributed by atoms with Crippen molar-refractivity contribution in [2.45, 2.75) is 40.7 Å². The highest BCUT2D eigenvalue weighted by Crippen LogP contribution is 2.17. The minimum atomic E-state index is -0.135. The molecule has 0 saturated heterocycles. The predicted octanol–water partition coefficient (Wildman–Crippen LogP) is 3.99. The van der Waals surface area contributed by atoms with Crippen LogP contribution in [0.4, 0.5) is 0 Å². The molecule has 1 amide bonds. The van der Waals surface area contributed by atoms with Crippen LogP contribution in [-0.2, 0) is 0 Å². The molecule has 5 heteroatoms. The van der Waals surface area contributed by atoms with Gasteiger partial charge >= 0.3 is 0 Å². The van der Waals surface area contributed by atoms with Gasteiger partial charge in [-0.05, 0) is 58.4 Å². The van der Waals surface area contributed by atoms with Crippen molar-refractivity contribution in [2.24, 2.45) is 0 Å². The van der Waals surface area contributed by atoms with Gasteiger partial charge in [0.1, 0.15) is 0 Å². The van der Waals surface area contributed by atoms with Crippen LogP contribution in [0.15, 0.2) is 42.6 Å². The van der Waals surface area contributed by atoms with Crippen molar-refractivity contribution < 1.29 is 4.79 Å². The van der Waals surface area contributed by atoms with Gasteiger partial charge < -0.3 is 5.32 Å². The maximum atomic E-state index is 12.5. The summed E-state index contributed by atoms with van der Waals surface area (Å²) in [6.07, 6.45) is 1.59. The van der Waals surface area contributed by atoms with Crippen molar-refractivity contribution in [1.82, 2.24) is 20.1 Å². The summed E-state index contributed by atoms with van der Waals surface area (Å²) in [6, 6.07) is 11.8. The lowest BCUT2D eigenvalue weighted by molar-refractivity contribution is 0.0939. The number of carbonyl (C=O) groups is 1. The average Bonchev–Trinajstić information content (AvgIpc) is 2.92. The van der Waals surface area contributed by atoms with Gasteiger partial charge in [-0.3, -0.25) is 4.79 Å². The Morgan fingerprint density at radius 2 is 1.73 bits per heavy atom. The summed E-state index contributed by atoms with van der Waals surface area (Å²) in [4.78, 5) is 16.9. The SMILES string of the molecule is Cc1cc(C)cc(C(C)NC(=O)c2ccc(-n3nc(C)cc3C)nc2)c1. The molecule has 0 fully saturated rings. The fourth-order valence-electron chi connectivity index (χ4n) is 3.13. The quantitative estimate of drug-likeness (QED) is 0.775. The van der Waals surface area contributed by atoms with Gasteiger partial charge in [0.05, 0.1) is 17.3 Å². The maximum Gasteiger partial charge on any atom is 0.253 e. The zero-order valence-electron chi connectivity index (χ0n) is 15.9. The van der Waals surface area contributed by atoms with Gasteiger partial charge in [-0.15, -0.1) is 0 Å². The fourth-order valence-corrected chi connectivity index (χ4v) is 3.13. The Bertz CT molecular complexity index is 921. The summed E-state index contributed by atoms with van der Waals surface area (Å²) in [5.74, 6) is 0.568. The van der Waals surface area contributed by atoms with Crippen LogP contribution in [0.1, 0.15) is 51.4 Å². The zero-order chi connectivity index (χ0) is 18.8. The number of carbonyl (C=O) groups excluding carboxylic acids is 1. The molecule has 1 aromatic carbocycles. The highest BCUT2D eigenvalue weighted by Gasteiger charge is 2.13. The van der Waals surface area contributed by atoms with Gasteiger partial charge in [-0.25, -0.2) is 9.67 Å². The van der Waals surface area contributed by atoms with Crippen LogP contribution in [0.2, 0.25) is 0 Å². The third-order valence-electron chi connectivity index (χ3n) is 4.33. The lowest BCUT2D eigenvalue weighted by Crippen LogP contribution is -2.27. The summed E-state index contributed by atoms with van der Waals surface area (Å²) < 4.78 is 1.77. The molecule has 1 atom stereocenters. The number of pyridine rings is 1. The first-order valence-electron chi connectivity index (χ1n) is 8.72. The predicted molar refractivity (Wildman–Crippen MR) is 103 cm³/mol. The van der Waals surface area contributed by atoms with Crippen molar-refractivity contribution in [2.75, 3.05) is 0 Å². The number of aromatic nitrogens is 3. The molecule has 1 N–H and O–H groups in total. The fraction of sp³-hybridized carbons (Fsp3) is 0.286. The first-order valence-corrected chi connectivity index (χ1v) is 8.72. The number of benzene rings is 1. The zero-order valence-corrected chi connectivity index (χ0v) is 15.9. The van der Waals surface area contributed by atoms with E-state index in [-0.39, 0.29) is 11.9 Å². The molecular formula is C21H24N4O. The largest absolute Gasteiger partial charge is 0.345 e. The van der Waals surface area contributed by atoms with Crippen molar-refractivity contribution >= 4 is 5.91 Å². The van der Waals surface area contributed by atoms with E-state index in [2.05, 4.69) is 47.4 Å². The Morgan fingerprint density at radius 1 is 1.04 bits per heavy atom. The molecule has 0 aliphatic rings. The molecule has 0 aliphatic carbocycles. The molecule has 5 nitrogen and oxygen atoms in total. The van der Waals surface area contributed by atoms with Crippen molar-refractivity contribution in [3.8, 4) is 5.82 Å². The van der Waals surface area contributed by atoms with Crippen LogP contribution in [0, 0.1) is 27.7 Å². The maximum absolute atomic E-state index is 12.5. The summed E-state index contributed by atoms with van der Waals surface area (Å²) in [5.41, 5.74) is 5.97. The van der Waals surface area contributed by atoms with Crippen LogP contribution >= 0.6 is 0 Å². The second kappa shape index (κ2) is 7.12. The highest BCUT2D eigenvalue weighted by molar-refractivity contribution is 5.94. The van der Waals surface area contributed by atoms with Crippen LogP contribution in [0.5, 0.6) is 0 Å². The molecule has 0 radical (unpaired) electrons. The number of rotatable bonds is 4.